The molecule has 1 aliphatic rings. The number of nitrogens with zero attached hydrogens (tertiary/aromatic N) is 1. The third kappa shape index (κ3) is 4.07. The zero-order valence-electron chi connectivity index (χ0n) is 12.7. The number of ether oxygens (including phenoxy) is 1. The minimum atomic E-state index is -0.949. The minimum Gasteiger partial charge on any atom is -0.477 e. The lowest BCUT2D eigenvalue weighted by Gasteiger charge is -2.24. The van der Waals surface area contributed by atoms with Crippen LogP contribution in [0, 0.1) is 5.92 Å². The molecule has 1 aromatic heterocycles. The Morgan fingerprint density at radius 3 is 2.96 bits per heavy atom. The van der Waals surface area contributed by atoms with Gasteiger partial charge in [-0.1, -0.05) is 29.3 Å². The van der Waals surface area contributed by atoms with E-state index in [1.807, 2.05) is 12.1 Å². The molecule has 0 bridgehead atoms. The molecule has 0 spiro atoms. The van der Waals surface area contributed by atoms with Gasteiger partial charge in [0.2, 0.25) is 0 Å². The summed E-state index contributed by atoms with van der Waals surface area (Å²) in [6.07, 6.45) is 1.89. The van der Waals surface area contributed by atoms with Gasteiger partial charge in [0.25, 0.3) is 0 Å². The van der Waals surface area contributed by atoms with Crippen LogP contribution < -0.4 is 5.32 Å². The van der Waals surface area contributed by atoms with E-state index in [-0.39, 0.29) is 16.9 Å². The van der Waals surface area contributed by atoms with Crippen molar-refractivity contribution in [3.05, 3.63) is 49.9 Å². The Bertz CT molecular complexity index is 738. The van der Waals surface area contributed by atoms with Gasteiger partial charge in [0.15, 0.2) is 0 Å². The third-order valence-corrected chi connectivity index (χ3v) is 5.63. The maximum atomic E-state index is 11.0. The molecule has 0 amide bonds. The first-order valence-corrected chi connectivity index (χ1v) is 9.07. The van der Waals surface area contributed by atoms with Gasteiger partial charge in [0.05, 0.1) is 34.0 Å². The molecular formula is C16H16Cl2N2O3S. The molecule has 1 fully saturated rings. The number of halogens is 2. The van der Waals surface area contributed by atoms with Crippen LogP contribution in [0.3, 0.4) is 0 Å². The lowest BCUT2D eigenvalue weighted by molar-refractivity contribution is 0.0307. The average molecular weight is 387 g/mol. The molecule has 1 aromatic carbocycles. The van der Waals surface area contributed by atoms with Crippen molar-refractivity contribution in [2.45, 2.75) is 12.5 Å². The number of thiazole rings is 1. The Kier molecular flexibility index (Phi) is 5.73. The molecule has 5 nitrogen and oxygen atoms in total. The first-order valence-electron chi connectivity index (χ1n) is 7.50. The van der Waals surface area contributed by atoms with Gasteiger partial charge >= 0.3 is 5.97 Å². The van der Waals surface area contributed by atoms with Crippen LogP contribution in [0.25, 0.3) is 0 Å². The summed E-state index contributed by atoms with van der Waals surface area (Å²) in [7, 11) is 0. The molecule has 2 unspecified atom stereocenters. The minimum absolute atomic E-state index is 0.123. The Balaban J connectivity index is 1.83. The fraction of sp³-hybridized carbons (Fsp3) is 0.375. The van der Waals surface area contributed by atoms with Gasteiger partial charge in [-0.3, -0.25) is 0 Å². The van der Waals surface area contributed by atoms with E-state index in [0.717, 1.165) is 23.7 Å². The van der Waals surface area contributed by atoms with Crippen molar-refractivity contribution >= 4 is 40.5 Å². The Hall–Kier alpha value is -1.18. The molecule has 1 saturated heterocycles. The summed E-state index contributed by atoms with van der Waals surface area (Å²) < 4.78 is 6.02. The van der Waals surface area contributed by atoms with Crippen LogP contribution in [0.2, 0.25) is 10.0 Å². The fourth-order valence-corrected chi connectivity index (χ4v) is 3.91. The number of hydrogen-bond acceptors (Lipinski definition) is 5. The lowest BCUT2D eigenvalue weighted by atomic mass is 9.93. The second-order valence-electron chi connectivity index (χ2n) is 5.56. The molecule has 0 saturated carbocycles. The van der Waals surface area contributed by atoms with Crippen LogP contribution in [0.1, 0.15) is 26.3 Å². The second-order valence-corrected chi connectivity index (χ2v) is 7.49. The van der Waals surface area contributed by atoms with Gasteiger partial charge in [-0.2, -0.15) is 0 Å². The maximum absolute atomic E-state index is 11.0. The van der Waals surface area contributed by atoms with Crippen molar-refractivity contribution in [2.24, 2.45) is 5.92 Å². The van der Waals surface area contributed by atoms with Gasteiger partial charge in [-0.15, -0.1) is 11.3 Å². The van der Waals surface area contributed by atoms with Gasteiger partial charge in [-0.05, 0) is 17.7 Å². The summed E-state index contributed by atoms with van der Waals surface area (Å²) >= 11 is 13.3. The van der Waals surface area contributed by atoms with E-state index in [0.29, 0.717) is 23.1 Å². The monoisotopic (exact) mass is 386 g/mol. The highest BCUT2D eigenvalue weighted by Crippen LogP contribution is 2.34. The summed E-state index contributed by atoms with van der Waals surface area (Å²) in [5.74, 6) is -0.826. The lowest BCUT2D eigenvalue weighted by Crippen LogP contribution is -2.26. The molecule has 8 heteroatoms. The van der Waals surface area contributed by atoms with Gasteiger partial charge in [0, 0.05) is 25.4 Å². The number of carboxylic acid groups (broad SMARTS) is 1. The van der Waals surface area contributed by atoms with Crippen molar-refractivity contribution < 1.29 is 14.6 Å². The molecule has 0 radical (unpaired) electrons. The van der Waals surface area contributed by atoms with E-state index in [2.05, 4.69) is 10.3 Å². The first kappa shape index (κ1) is 17.6. The number of aromatic carboxylic acids is 1. The molecule has 1 aliphatic heterocycles. The molecule has 3 rings (SSSR count). The van der Waals surface area contributed by atoms with Gasteiger partial charge < -0.3 is 15.2 Å². The summed E-state index contributed by atoms with van der Waals surface area (Å²) in [6.45, 7) is 2.12. The van der Waals surface area contributed by atoms with Crippen LogP contribution >= 0.6 is 34.5 Å². The summed E-state index contributed by atoms with van der Waals surface area (Å²) in [5, 5.41) is 14.2. The average Bonchev–Trinajstić information content (AvgIpc) is 2.90. The molecular weight excluding hydrogens is 371 g/mol. The zero-order chi connectivity index (χ0) is 17.1. The maximum Gasteiger partial charge on any atom is 0.347 e. The summed E-state index contributed by atoms with van der Waals surface area (Å²) in [4.78, 5) is 15.5. The van der Waals surface area contributed by atoms with Gasteiger partial charge in [0.1, 0.15) is 4.88 Å². The van der Waals surface area contributed by atoms with E-state index in [1.165, 1.54) is 17.5 Å². The number of benzene rings is 1. The highest BCUT2D eigenvalue weighted by atomic mass is 35.5. The second kappa shape index (κ2) is 7.80. The Morgan fingerprint density at radius 1 is 1.42 bits per heavy atom. The predicted molar refractivity (Wildman–Crippen MR) is 94.3 cm³/mol. The molecule has 2 N–H and O–H groups in total. The molecule has 24 heavy (non-hydrogen) atoms. The zero-order valence-corrected chi connectivity index (χ0v) is 15.0. The Labute approximate surface area is 153 Å². The molecule has 128 valence electrons. The van der Waals surface area contributed by atoms with Crippen LogP contribution in [0.5, 0.6) is 0 Å². The van der Waals surface area contributed by atoms with E-state index < -0.39 is 5.97 Å². The quantitative estimate of drug-likeness (QED) is 0.838. The molecule has 2 atom stereocenters. The molecule has 2 aromatic rings. The third-order valence-electron chi connectivity index (χ3n) is 3.88. The first-order chi connectivity index (χ1) is 11.5. The summed E-state index contributed by atoms with van der Waals surface area (Å²) in [6, 6.07) is 5.52. The van der Waals surface area contributed by atoms with Crippen molar-refractivity contribution in [1.82, 2.24) is 10.3 Å². The number of rotatable bonds is 4. The highest BCUT2D eigenvalue weighted by Gasteiger charge is 2.28. The van der Waals surface area contributed by atoms with Crippen molar-refractivity contribution in [3.8, 4) is 0 Å². The van der Waals surface area contributed by atoms with Crippen LogP contribution in [-0.4, -0.2) is 35.8 Å². The Morgan fingerprint density at radius 2 is 2.25 bits per heavy atom. The molecule has 0 aliphatic carbocycles. The van der Waals surface area contributed by atoms with E-state index in [9.17, 15) is 4.79 Å². The number of carbonyl (C=O) groups is 1. The predicted octanol–water partition coefficient (Wildman–Crippen LogP) is 3.67. The number of aromatic nitrogens is 1. The fourth-order valence-electron chi connectivity index (χ4n) is 2.75. The number of nitrogens with one attached hydrogen (secondary N) is 1. The van der Waals surface area contributed by atoms with E-state index >= 15 is 0 Å². The standard InChI is InChI=1S/C16H16Cl2N2O3S/c17-11-2-1-9(5-12(11)18)15-10(7-19-3-4-23-15)6-14-20-8-13(24-14)16(21)22/h1-2,5,8,10,15,19H,3-4,6-7H2,(H,21,22). The topological polar surface area (TPSA) is 71.5 Å². The smallest absolute Gasteiger partial charge is 0.347 e. The number of hydrogen-bond donors (Lipinski definition) is 2. The SMILES string of the molecule is O=C(O)c1cnc(CC2CNCCOC2c2ccc(Cl)c(Cl)c2)s1. The summed E-state index contributed by atoms with van der Waals surface area (Å²) in [5.41, 5.74) is 0.966. The van der Waals surface area contributed by atoms with Crippen molar-refractivity contribution in [3.63, 3.8) is 0 Å². The van der Waals surface area contributed by atoms with E-state index in [4.69, 9.17) is 33.0 Å². The van der Waals surface area contributed by atoms with Crippen LogP contribution in [0.4, 0.5) is 0 Å². The molecule has 2 heterocycles. The van der Waals surface area contributed by atoms with Crippen LogP contribution in [-0.2, 0) is 11.2 Å². The van der Waals surface area contributed by atoms with Crippen LogP contribution in [0.15, 0.2) is 24.4 Å². The van der Waals surface area contributed by atoms with E-state index in [1.54, 1.807) is 6.07 Å². The van der Waals surface area contributed by atoms with Crippen molar-refractivity contribution in [2.75, 3.05) is 19.7 Å². The van der Waals surface area contributed by atoms with Gasteiger partial charge in [-0.25, -0.2) is 9.78 Å². The normalized spacial score (nSPS) is 21.4. The number of carboxylic acids is 1. The largest absolute Gasteiger partial charge is 0.477 e. The van der Waals surface area contributed by atoms with Crippen molar-refractivity contribution in [1.29, 1.82) is 0 Å². The highest BCUT2D eigenvalue weighted by molar-refractivity contribution is 7.13.